The average molecular weight is 273 g/mol. The van der Waals surface area contributed by atoms with Crippen LogP contribution in [0.2, 0.25) is 0 Å². The SMILES string of the molecule is CC1(C)OB(c2ccc(F)c(C(F)F)n2)OC1(C)C. The zero-order chi connectivity index (χ0) is 14.4. The molecule has 1 fully saturated rings. The number of alkyl halides is 2. The predicted octanol–water partition coefficient (Wildman–Crippen LogP) is 2.46. The molecular weight excluding hydrogens is 258 g/mol. The van der Waals surface area contributed by atoms with Crippen LogP contribution in [0.3, 0.4) is 0 Å². The molecule has 0 unspecified atom stereocenters. The molecule has 0 amide bonds. The van der Waals surface area contributed by atoms with E-state index in [4.69, 9.17) is 9.31 Å². The van der Waals surface area contributed by atoms with Crippen LogP contribution in [0, 0.1) is 5.82 Å². The smallest absolute Gasteiger partial charge is 0.398 e. The Morgan fingerprint density at radius 3 is 2.11 bits per heavy atom. The molecule has 104 valence electrons. The van der Waals surface area contributed by atoms with E-state index in [0.29, 0.717) is 0 Å². The van der Waals surface area contributed by atoms with Gasteiger partial charge in [0.1, 0.15) is 5.69 Å². The van der Waals surface area contributed by atoms with Crippen LogP contribution in [0.1, 0.15) is 39.8 Å². The van der Waals surface area contributed by atoms with Crippen molar-refractivity contribution in [2.75, 3.05) is 0 Å². The maximum Gasteiger partial charge on any atom is 0.514 e. The van der Waals surface area contributed by atoms with Crippen molar-refractivity contribution in [2.24, 2.45) is 0 Å². The summed E-state index contributed by atoms with van der Waals surface area (Å²) in [5, 5.41) is 0. The summed E-state index contributed by atoms with van der Waals surface area (Å²) in [5.41, 5.74) is -1.93. The number of aromatic nitrogens is 1. The van der Waals surface area contributed by atoms with Gasteiger partial charge in [-0.2, -0.15) is 0 Å². The Morgan fingerprint density at radius 1 is 1.11 bits per heavy atom. The van der Waals surface area contributed by atoms with Gasteiger partial charge in [0.2, 0.25) is 0 Å². The third kappa shape index (κ3) is 2.49. The first kappa shape index (κ1) is 14.3. The molecule has 1 saturated heterocycles. The van der Waals surface area contributed by atoms with Crippen molar-refractivity contribution >= 4 is 12.7 Å². The van der Waals surface area contributed by atoms with Gasteiger partial charge < -0.3 is 9.31 Å². The van der Waals surface area contributed by atoms with E-state index >= 15 is 0 Å². The molecule has 0 bridgehead atoms. The second-order valence-electron chi connectivity index (χ2n) is 5.49. The number of pyridine rings is 1. The molecule has 1 aliphatic rings. The van der Waals surface area contributed by atoms with Gasteiger partial charge in [-0.25, -0.2) is 13.2 Å². The first-order valence-electron chi connectivity index (χ1n) is 5.94. The number of hydrogen-bond donors (Lipinski definition) is 0. The molecule has 0 atom stereocenters. The highest BCUT2D eigenvalue weighted by Gasteiger charge is 2.52. The van der Waals surface area contributed by atoms with Crippen molar-refractivity contribution in [1.82, 2.24) is 4.98 Å². The third-order valence-electron chi connectivity index (χ3n) is 3.60. The van der Waals surface area contributed by atoms with Crippen molar-refractivity contribution in [3.63, 3.8) is 0 Å². The molecule has 0 N–H and O–H groups in total. The Morgan fingerprint density at radius 2 is 1.63 bits per heavy atom. The van der Waals surface area contributed by atoms with E-state index in [-0.39, 0.29) is 5.59 Å². The summed E-state index contributed by atoms with van der Waals surface area (Å²) in [5.74, 6) is -1.03. The highest BCUT2D eigenvalue weighted by molar-refractivity contribution is 6.61. The standard InChI is InChI=1S/C12H15BF3NO2/c1-11(2)12(3,4)19-13(18-11)8-6-5-7(14)9(17-8)10(15)16/h5-6,10H,1-4H3. The van der Waals surface area contributed by atoms with Gasteiger partial charge in [0.15, 0.2) is 5.82 Å². The molecule has 0 aliphatic carbocycles. The van der Waals surface area contributed by atoms with Gasteiger partial charge >= 0.3 is 7.12 Å². The van der Waals surface area contributed by atoms with E-state index in [9.17, 15) is 13.2 Å². The maximum atomic E-state index is 13.2. The summed E-state index contributed by atoms with van der Waals surface area (Å²) >= 11 is 0. The lowest BCUT2D eigenvalue weighted by Gasteiger charge is -2.32. The van der Waals surface area contributed by atoms with Crippen molar-refractivity contribution in [1.29, 1.82) is 0 Å². The van der Waals surface area contributed by atoms with Gasteiger partial charge in [-0.3, -0.25) is 4.98 Å². The molecule has 7 heteroatoms. The van der Waals surface area contributed by atoms with Gasteiger partial charge in [0, 0.05) is 0 Å². The van der Waals surface area contributed by atoms with Gasteiger partial charge in [-0.15, -0.1) is 0 Å². The summed E-state index contributed by atoms with van der Waals surface area (Å²) in [4.78, 5) is 3.61. The molecule has 2 rings (SSSR count). The van der Waals surface area contributed by atoms with Crippen LogP contribution < -0.4 is 5.59 Å². The molecule has 0 spiro atoms. The first-order valence-corrected chi connectivity index (χ1v) is 5.94. The second kappa shape index (κ2) is 4.49. The van der Waals surface area contributed by atoms with Crippen LogP contribution in [0.5, 0.6) is 0 Å². The molecule has 3 nitrogen and oxygen atoms in total. The average Bonchev–Trinajstić information content (AvgIpc) is 2.48. The Kier molecular flexibility index (Phi) is 3.39. The topological polar surface area (TPSA) is 31.4 Å². The minimum atomic E-state index is -2.97. The number of halogens is 3. The van der Waals surface area contributed by atoms with Gasteiger partial charge in [-0.05, 0) is 39.8 Å². The zero-order valence-corrected chi connectivity index (χ0v) is 11.2. The van der Waals surface area contributed by atoms with Crippen molar-refractivity contribution in [2.45, 2.75) is 45.3 Å². The fraction of sp³-hybridized carbons (Fsp3) is 0.583. The van der Waals surface area contributed by atoms with Crippen LogP contribution in [-0.4, -0.2) is 23.3 Å². The molecule has 2 heterocycles. The lowest BCUT2D eigenvalue weighted by Crippen LogP contribution is -2.41. The monoisotopic (exact) mass is 273 g/mol. The van der Waals surface area contributed by atoms with Gasteiger partial charge in [0.05, 0.1) is 16.8 Å². The number of nitrogens with zero attached hydrogens (tertiary/aromatic N) is 1. The minimum Gasteiger partial charge on any atom is -0.398 e. The quantitative estimate of drug-likeness (QED) is 0.775. The van der Waals surface area contributed by atoms with Gasteiger partial charge in [-0.1, -0.05) is 0 Å². The summed E-state index contributed by atoms with van der Waals surface area (Å²) in [6, 6.07) is 2.25. The second-order valence-corrected chi connectivity index (χ2v) is 5.49. The Balaban J connectivity index is 2.32. The maximum absolute atomic E-state index is 13.2. The molecule has 1 aromatic heterocycles. The first-order chi connectivity index (χ1) is 8.64. The summed E-state index contributed by atoms with van der Waals surface area (Å²) < 4.78 is 49.8. The van der Waals surface area contributed by atoms with Crippen molar-refractivity contribution in [3.05, 3.63) is 23.6 Å². The van der Waals surface area contributed by atoms with Crippen LogP contribution in [0.15, 0.2) is 12.1 Å². The van der Waals surface area contributed by atoms with E-state index in [1.54, 1.807) is 0 Å². The molecule has 0 radical (unpaired) electrons. The highest BCUT2D eigenvalue weighted by atomic mass is 19.3. The van der Waals surface area contributed by atoms with Gasteiger partial charge in [0.25, 0.3) is 6.43 Å². The summed E-state index contributed by atoms with van der Waals surface area (Å²) in [6.45, 7) is 7.35. The normalized spacial score (nSPS) is 21.2. The van der Waals surface area contributed by atoms with Crippen LogP contribution >= 0.6 is 0 Å². The zero-order valence-electron chi connectivity index (χ0n) is 11.2. The molecule has 19 heavy (non-hydrogen) atoms. The highest BCUT2D eigenvalue weighted by Crippen LogP contribution is 2.36. The Labute approximate surface area is 110 Å². The van der Waals surface area contributed by atoms with E-state index in [2.05, 4.69) is 4.98 Å². The Hall–Kier alpha value is -1.08. The molecular formula is C12H15BF3NO2. The van der Waals surface area contributed by atoms with Crippen LogP contribution in [-0.2, 0) is 9.31 Å². The van der Waals surface area contributed by atoms with Crippen molar-refractivity contribution in [3.8, 4) is 0 Å². The van der Waals surface area contributed by atoms with Crippen molar-refractivity contribution < 1.29 is 22.5 Å². The van der Waals surface area contributed by atoms with E-state index in [0.717, 1.165) is 6.07 Å². The van der Waals surface area contributed by atoms with Crippen LogP contribution in [0.4, 0.5) is 13.2 Å². The lowest BCUT2D eigenvalue weighted by atomic mass is 9.84. The van der Waals surface area contributed by atoms with Crippen LogP contribution in [0.25, 0.3) is 0 Å². The fourth-order valence-corrected chi connectivity index (χ4v) is 1.72. The Bertz CT molecular complexity index is 478. The summed E-state index contributed by atoms with van der Waals surface area (Å²) in [6.07, 6.45) is -2.97. The fourth-order valence-electron chi connectivity index (χ4n) is 1.72. The molecule has 1 aliphatic heterocycles. The number of rotatable bonds is 2. The molecule has 0 saturated carbocycles. The molecule has 0 aromatic carbocycles. The van der Waals surface area contributed by atoms with E-state index in [1.165, 1.54) is 6.07 Å². The third-order valence-corrected chi connectivity index (χ3v) is 3.60. The molecule has 1 aromatic rings. The summed E-state index contributed by atoms with van der Waals surface area (Å²) in [7, 11) is -0.872. The largest absolute Gasteiger partial charge is 0.514 e. The van der Waals surface area contributed by atoms with E-state index < -0.39 is 36.3 Å². The number of hydrogen-bond acceptors (Lipinski definition) is 3. The lowest BCUT2D eigenvalue weighted by molar-refractivity contribution is 0.00578. The predicted molar refractivity (Wildman–Crippen MR) is 64.9 cm³/mol. The minimum absolute atomic E-state index is 0.148. The van der Waals surface area contributed by atoms with E-state index in [1.807, 2.05) is 27.7 Å².